The minimum Gasteiger partial charge on any atom is -0.466 e. The lowest BCUT2D eigenvalue weighted by Gasteiger charge is -2.11. The van der Waals surface area contributed by atoms with E-state index in [0.717, 1.165) is 20.3 Å². The van der Waals surface area contributed by atoms with E-state index in [9.17, 15) is 14.0 Å². The van der Waals surface area contributed by atoms with Crippen LogP contribution in [0.3, 0.4) is 0 Å². The molecule has 0 saturated carbocycles. The van der Waals surface area contributed by atoms with E-state index in [2.05, 4.69) is 14.8 Å². The number of rotatable bonds is 4. The van der Waals surface area contributed by atoms with Crippen molar-refractivity contribution < 1.29 is 23.5 Å². The van der Waals surface area contributed by atoms with Crippen LogP contribution in [-0.2, 0) is 19.1 Å². The topological polar surface area (TPSA) is 64.6 Å². The van der Waals surface area contributed by atoms with Gasteiger partial charge in [0.05, 0.1) is 26.0 Å². The molecular weight excluding hydrogens is 289 g/mol. The van der Waals surface area contributed by atoms with E-state index in [1.165, 1.54) is 12.1 Å². The Morgan fingerprint density at radius 1 is 1.30 bits per heavy atom. The van der Waals surface area contributed by atoms with Gasteiger partial charge >= 0.3 is 11.9 Å². The molecule has 0 aromatic heterocycles. The molecular formula is C13H13ClFNO4. The molecule has 0 aliphatic rings. The van der Waals surface area contributed by atoms with Gasteiger partial charge < -0.3 is 14.8 Å². The highest BCUT2D eigenvalue weighted by molar-refractivity contribution is 6.31. The highest BCUT2D eigenvalue weighted by atomic mass is 35.5. The van der Waals surface area contributed by atoms with Crippen molar-refractivity contribution in [2.45, 2.75) is 6.92 Å². The van der Waals surface area contributed by atoms with Crippen molar-refractivity contribution in [2.75, 3.05) is 19.5 Å². The maximum absolute atomic E-state index is 13.8. The molecule has 1 rings (SSSR count). The number of methoxy groups -OCH3 is 2. The van der Waals surface area contributed by atoms with Gasteiger partial charge in [-0.3, -0.25) is 0 Å². The second-order valence-corrected chi connectivity index (χ2v) is 4.19. The molecule has 0 fully saturated rings. The smallest absolute Gasteiger partial charge is 0.354 e. The average molecular weight is 302 g/mol. The summed E-state index contributed by atoms with van der Waals surface area (Å²) in [5, 5.41) is 2.77. The molecule has 108 valence electrons. The third kappa shape index (κ3) is 3.96. The Bertz CT molecular complexity index is 572. The number of esters is 2. The minimum absolute atomic E-state index is 0.0545. The Morgan fingerprint density at radius 3 is 2.50 bits per heavy atom. The summed E-state index contributed by atoms with van der Waals surface area (Å²) < 4.78 is 22.7. The lowest BCUT2D eigenvalue weighted by molar-refractivity contribution is -0.138. The Kier molecular flexibility index (Phi) is 5.52. The van der Waals surface area contributed by atoms with E-state index in [1.807, 2.05) is 0 Å². The van der Waals surface area contributed by atoms with Crippen LogP contribution >= 0.6 is 11.6 Å². The molecule has 1 N–H and O–H groups in total. The number of aryl methyl sites for hydroxylation is 1. The van der Waals surface area contributed by atoms with Crippen LogP contribution in [0.25, 0.3) is 0 Å². The van der Waals surface area contributed by atoms with Crippen molar-refractivity contribution >= 4 is 29.2 Å². The first-order valence-corrected chi connectivity index (χ1v) is 5.87. The van der Waals surface area contributed by atoms with E-state index >= 15 is 0 Å². The molecule has 0 spiro atoms. The number of halogens is 2. The summed E-state index contributed by atoms with van der Waals surface area (Å²) in [5.41, 5.74) is 0.227. The number of nitrogens with one attached hydrogen (secondary N) is 1. The van der Waals surface area contributed by atoms with E-state index in [-0.39, 0.29) is 11.4 Å². The third-order valence-corrected chi connectivity index (χ3v) is 2.79. The fourth-order valence-electron chi connectivity index (χ4n) is 1.32. The average Bonchev–Trinajstić information content (AvgIpc) is 2.42. The number of anilines is 1. The quantitative estimate of drug-likeness (QED) is 0.683. The lowest BCUT2D eigenvalue weighted by Crippen LogP contribution is -2.16. The van der Waals surface area contributed by atoms with Crippen LogP contribution in [-0.4, -0.2) is 26.2 Å². The Labute approximate surface area is 120 Å². The second-order valence-electron chi connectivity index (χ2n) is 3.78. The summed E-state index contributed by atoms with van der Waals surface area (Å²) in [6, 6.07) is 2.51. The zero-order chi connectivity index (χ0) is 15.3. The largest absolute Gasteiger partial charge is 0.466 e. The number of ether oxygens (including phenoxy) is 2. The number of benzene rings is 1. The fourth-order valence-corrected chi connectivity index (χ4v) is 1.48. The van der Waals surface area contributed by atoms with Crippen LogP contribution < -0.4 is 5.32 Å². The fraction of sp³-hybridized carbons (Fsp3) is 0.231. The molecule has 20 heavy (non-hydrogen) atoms. The van der Waals surface area contributed by atoms with Crippen molar-refractivity contribution in [2.24, 2.45) is 0 Å². The highest BCUT2D eigenvalue weighted by Gasteiger charge is 2.15. The first-order chi connectivity index (χ1) is 9.38. The van der Waals surface area contributed by atoms with Crippen molar-refractivity contribution in [3.05, 3.63) is 40.3 Å². The molecule has 1 aromatic rings. The molecule has 0 radical (unpaired) electrons. The van der Waals surface area contributed by atoms with Crippen LogP contribution in [0.2, 0.25) is 5.02 Å². The number of hydrogen-bond donors (Lipinski definition) is 1. The van der Waals surface area contributed by atoms with E-state index in [1.54, 1.807) is 6.92 Å². The predicted octanol–water partition coefficient (Wildman–Crippen LogP) is 2.43. The van der Waals surface area contributed by atoms with Gasteiger partial charge in [0, 0.05) is 5.02 Å². The van der Waals surface area contributed by atoms with Gasteiger partial charge in [0.15, 0.2) is 0 Å². The molecule has 0 heterocycles. The molecule has 0 aliphatic heterocycles. The lowest BCUT2D eigenvalue weighted by atomic mass is 10.2. The standard InChI is InChI=1S/C13H13ClFNO4/c1-7-4-9(15)10(5-8(7)14)16-11(13(18)20-3)6-12(17)19-2/h4-6,16H,1-3H3/b11-6+. The van der Waals surface area contributed by atoms with E-state index in [4.69, 9.17) is 11.6 Å². The summed E-state index contributed by atoms with van der Waals surface area (Å²) in [6.45, 7) is 1.64. The normalized spacial score (nSPS) is 10.9. The van der Waals surface area contributed by atoms with Gasteiger partial charge in [-0.25, -0.2) is 14.0 Å². The number of carbonyl (C=O) groups excluding carboxylic acids is 2. The molecule has 1 aromatic carbocycles. The van der Waals surface area contributed by atoms with Gasteiger partial charge in [0.25, 0.3) is 0 Å². The molecule has 0 amide bonds. The molecule has 0 bridgehead atoms. The van der Waals surface area contributed by atoms with Gasteiger partial charge in [0.1, 0.15) is 11.5 Å². The van der Waals surface area contributed by atoms with Crippen molar-refractivity contribution in [1.82, 2.24) is 0 Å². The maximum atomic E-state index is 13.8. The summed E-state index contributed by atoms with van der Waals surface area (Å²) in [5.74, 6) is -2.24. The third-order valence-electron chi connectivity index (χ3n) is 2.39. The van der Waals surface area contributed by atoms with Crippen LogP contribution in [0.4, 0.5) is 10.1 Å². The monoisotopic (exact) mass is 301 g/mol. The summed E-state index contributed by atoms with van der Waals surface area (Å²) in [4.78, 5) is 22.7. The Balaban J connectivity index is 3.14. The first kappa shape index (κ1) is 16.0. The number of carbonyl (C=O) groups is 2. The second kappa shape index (κ2) is 6.91. The van der Waals surface area contributed by atoms with Gasteiger partial charge in [-0.1, -0.05) is 11.6 Å². The summed E-state index contributed by atoms with van der Waals surface area (Å²) in [6.07, 6.45) is 0.860. The molecule has 5 nitrogen and oxygen atoms in total. The van der Waals surface area contributed by atoms with Crippen molar-refractivity contribution in [3.63, 3.8) is 0 Å². The SMILES string of the molecule is COC(=O)/C=C(/Nc1cc(Cl)c(C)cc1F)C(=O)OC. The molecule has 0 aliphatic carbocycles. The predicted molar refractivity (Wildman–Crippen MR) is 71.9 cm³/mol. The molecule has 0 atom stereocenters. The molecule has 0 saturated heterocycles. The van der Waals surface area contributed by atoms with Crippen LogP contribution in [0, 0.1) is 12.7 Å². The summed E-state index contributed by atoms with van der Waals surface area (Å²) in [7, 11) is 2.28. The summed E-state index contributed by atoms with van der Waals surface area (Å²) >= 11 is 5.88. The number of hydrogen-bond acceptors (Lipinski definition) is 5. The van der Waals surface area contributed by atoms with E-state index < -0.39 is 17.8 Å². The van der Waals surface area contributed by atoms with Gasteiger partial charge in [-0.2, -0.15) is 0 Å². The Morgan fingerprint density at radius 2 is 1.95 bits per heavy atom. The van der Waals surface area contributed by atoms with Gasteiger partial charge in [-0.05, 0) is 24.6 Å². The van der Waals surface area contributed by atoms with Crippen molar-refractivity contribution in [1.29, 1.82) is 0 Å². The zero-order valence-electron chi connectivity index (χ0n) is 11.1. The van der Waals surface area contributed by atoms with E-state index in [0.29, 0.717) is 10.6 Å². The van der Waals surface area contributed by atoms with Crippen LogP contribution in [0.15, 0.2) is 23.9 Å². The minimum atomic E-state index is -0.841. The zero-order valence-corrected chi connectivity index (χ0v) is 11.9. The van der Waals surface area contributed by atoms with Crippen LogP contribution in [0.5, 0.6) is 0 Å². The van der Waals surface area contributed by atoms with Crippen molar-refractivity contribution in [3.8, 4) is 0 Å². The molecule has 0 unspecified atom stereocenters. The van der Waals surface area contributed by atoms with Gasteiger partial charge in [0.2, 0.25) is 0 Å². The molecule has 7 heteroatoms. The maximum Gasteiger partial charge on any atom is 0.354 e. The van der Waals surface area contributed by atoms with Crippen LogP contribution in [0.1, 0.15) is 5.56 Å². The highest BCUT2D eigenvalue weighted by Crippen LogP contribution is 2.25. The first-order valence-electron chi connectivity index (χ1n) is 5.49. The Hall–Kier alpha value is -2.08. The van der Waals surface area contributed by atoms with Gasteiger partial charge in [-0.15, -0.1) is 0 Å².